The van der Waals surface area contributed by atoms with E-state index in [2.05, 4.69) is 17.7 Å². The number of hydrogen-bond acceptors (Lipinski definition) is 2. The van der Waals surface area contributed by atoms with Crippen LogP contribution in [0.4, 0.5) is 0 Å². The number of hydrogen-bond donors (Lipinski definition) is 1. The first-order valence-corrected chi connectivity index (χ1v) is 3.63. The molecule has 0 bridgehead atoms. The van der Waals surface area contributed by atoms with Crippen LogP contribution in [0.15, 0.2) is 0 Å². The maximum absolute atomic E-state index is 9.52. The van der Waals surface area contributed by atoms with Crippen LogP contribution >= 0.6 is 0 Å². The summed E-state index contributed by atoms with van der Waals surface area (Å²) in [5, 5.41) is 9.52. The van der Waals surface area contributed by atoms with Gasteiger partial charge in [-0.3, -0.25) is 4.90 Å². The summed E-state index contributed by atoms with van der Waals surface area (Å²) >= 11 is 0. The zero-order valence-electron chi connectivity index (χ0n) is 6.30. The molecule has 10 heavy (non-hydrogen) atoms. The van der Waals surface area contributed by atoms with Crippen molar-refractivity contribution in [3.63, 3.8) is 0 Å². The van der Waals surface area contributed by atoms with E-state index in [1.165, 1.54) is 0 Å². The third-order valence-electron chi connectivity index (χ3n) is 2.04. The van der Waals surface area contributed by atoms with E-state index in [1.54, 1.807) is 0 Å². The van der Waals surface area contributed by atoms with Gasteiger partial charge in [0.05, 0.1) is 0 Å². The van der Waals surface area contributed by atoms with Gasteiger partial charge in [-0.1, -0.05) is 12.8 Å². The van der Waals surface area contributed by atoms with Crippen molar-refractivity contribution in [3.05, 3.63) is 0 Å². The molecule has 1 aliphatic heterocycles. The van der Waals surface area contributed by atoms with Gasteiger partial charge >= 0.3 is 0 Å². The first-order valence-electron chi connectivity index (χ1n) is 3.63. The van der Waals surface area contributed by atoms with Gasteiger partial charge in [-0.25, -0.2) is 0 Å². The number of nitrogens with zero attached hydrogens (tertiary/aromatic N) is 1. The molecule has 0 radical (unpaired) electrons. The molecule has 0 saturated carbocycles. The molecule has 0 aromatic heterocycles. The highest BCUT2D eigenvalue weighted by molar-refractivity contribution is 5.11. The van der Waals surface area contributed by atoms with E-state index < -0.39 is 5.60 Å². The molecule has 0 amide bonds. The minimum atomic E-state index is -0.837. The Morgan fingerprint density at radius 3 is 2.80 bits per heavy atom. The monoisotopic (exact) mass is 139 g/mol. The second-order valence-corrected chi connectivity index (χ2v) is 2.79. The summed E-state index contributed by atoms with van der Waals surface area (Å²) in [5.41, 5.74) is -0.837. The first-order chi connectivity index (χ1) is 4.70. The van der Waals surface area contributed by atoms with Gasteiger partial charge in [-0.05, 0) is 6.54 Å². The van der Waals surface area contributed by atoms with Crippen LogP contribution in [-0.4, -0.2) is 35.2 Å². The molecule has 1 saturated heterocycles. The highest BCUT2D eigenvalue weighted by atomic mass is 16.3. The molecule has 1 rings (SSSR count). The third kappa shape index (κ3) is 1.31. The molecule has 0 spiro atoms. The van der Waals surface area contributed by atoms with Crippen LogP contribution in [0.5, 0.6) is 0 Å². The zero-order chi connectivity index (χ0) is 7.61. The van der Waals surface area contributed by atoms with E-state index in [1.807, 2.05) is 0 Å². The van der Waals surface area contributed by atoms with Gasteiger partial charge in [-0.2, -0.15) is 0 Å². The van der Waals surface area contributed by atoms with Gasteiger partial charge in [0.2, 0.25) is 0 Å². The van der Waals surface area contributed by atoms with E-state index in [0.717, 1.165) is 19.5 Å². The SMILES string of the molecule is C#CC1(O)CCN(CC)C1. The number of rotatable bonds is 1. The molecule has 1 aliphatic rings. The fourth-order valence-electron chi connectivity index (χ4n) is 1.26. The maximum Gasteiger partial charge on any atom is 0.139 e. The minimum Gasteiger partial charge on any atom is -0.376 e. The van der Waals surface area contributed by atoms with Crippen molar-refractivity contribution >= 4 is 0 Å². The molecular formula is C8H13NO. The molecule has 0 aliphatic carbocycles. The average molecular weight is 139 g/mol. The van der Waals surface area contributed by atoms with Gasteiger partial charge in [0.15, 0.2) is 0 Å². The lowest BCUT2D eigenvalue weighted by Gasteiger charge is -2.15. The van der Waals surface area contributed by atoms with Gasteiger partial charge in [0, 0.05) is 19.5 Å². The van der Waals surface area contributed by atoms with Crippen molar-refractivity contribution in [2.75, 3.05) is 19.6 Å². The molecule has 1 N–H and O–H groups in total. The Morgan fingerprint density at radius 2 is 2.50 bits per heavy atom. The molecule has 56 valence electrons. The third-order valence-corrected chi connectivity index (χ3v) is 2.04. The Balaban J connectivity index is 2.51. The molecule has 1 fully saturated rings. The second-order valence-electron chi connectivity index (χ2n) is 2.79. The Morgan fingerprint density at radius 1 is 1.80 bits per heavy atom. The molecule has 1 unspecified atom stereocenters. The maximum atomic E-state index is 9.52. The van der Waals surface area contributed by atoms with Crippen LogP contribution in [0.2, 0.25) is 0 Å². The van der Waals surface area contributed by atoms with Crippen molar-refractivity contribution in [3.8, 4) is 12.3 Å². The van der Waals surface area contributed by atoms with Gasteiger partial charge in [0.25, 0.3) is 0 Å². The van der Waals surface area contributed by atoms with Crippen LogP contribution in [0.25, 0.3) is 0 Å². The molecule has 2 nitrogen and oxygen atoms in total. The normalized spacial score (nSPS) is 34.1. The summed E-state index contributed by atoms with van der Waals surface area (Å²) in [6.07, 6.45) is 5.88. The van der Waals surface area contributed by atoms with Crippen LogP contribution < -0.4 is 0 Å². The van der Waals surface area contributed by atoms with Crippen LogP contribution in [0.1, 0.15) is 13.3 Å². The number of terminal acetylenes is 1. The van der Waals surface area contributed by atoms with E-state index in [4.69, 9.17) is 6.42 Å². The minimum absolute atomic E-state index is 0.639. The van der Waals surface area contributed by atoms with Crippen molar-refractivity contribution in [2.45, 2.75) is 18.9 Å². The second kappa shape index (κ2) is 2.61. The smallest absolute Gasteiger partial charge is 0.139 e. The summed E-state index contributed by atoms with van der Waals surface area (Å²) in [5.74, 6) is 2.42. The van der Waals surface area contributed by atoms with E-state index in [0.29, 0.717) is 6.54 Å². The standard InChI is InChI=1S/C8H13NO/c1-3-8(10)5-6-9(4-2)7-8/h1,10H,4-7H2,2H3. The van der Waals surface area contributed by atoms with Crippen molar-refractivity contribution in [1.29, 1.82) is 0 Å². The predicted molar refractivity (Wildman–Crippen MR) is 40.5 cm³/mol. The van der Waals surface area contributed by atoms with Crippen molar-refractivity contribution < 1.29 is 5.11 Å². The average Bonchev–Trinajstić information content (AvgIpc) is 2.33. The first kappa shape index (κ1) is 7.59. The van der Waals surface area contributed by atoms with Crippen molar-refractivity contribution in [1.82, 2.24) is 4.90 Å². The topological polar surface area (TPSA) is 23.5 Å². The lowest BCUT2D eigenvalue weighted by Crippen LogP contribution is -2.31. The molecule has 0 aromatic rings. The quantitative estimate of drug-likeness (QED) is 0.520. The number of aliphatic hydroxyl groups is 1. The summed E-state index contributed by atoms with van der Waals surface area (Å²) in [7, 11) is 0. The van der Waals surface area contributed by atoms with Gasteiger partial charge in [0.1, 0.15) is 5.60 Å². The largest absolute Gasteiger partial charge is 0.376 e. The Hall–Kier alpha value is -0.520. The molecule has 2 heteroatoms. The van der Waals surface area contributed by atoms with E-state index in [9.17, 15) is 5.11 Å². The summed E-state index contributed by atoms with van der Waals surface area (Å²) in [6, 6.07) is 0. The van der Waals surface area contributed by atoms with E-state index in [-0.39, 0.29) is 0 Å². The highest BCUT2D eigenvalue weighted by Crippen LogP contribution is 2.19. The Bertz CT molecular complexity index is 161. The summed E-state index contributed by atoms with van der Waals surface area (Å²) in [4.78, 5) is 2.15. The number of likely N-dealkylation sites (N-methyl/N-ethyl adjacent to an activating group) is 1. The Kier molecular flexibility index (Phi) is 1.98. The lowest BCUT2D eigenvalue weighted by molar-refractivity contribution is 0.109. The van der Waals surface area contributed by atoms with Crippen LogP contribution in [-0.2, 0) is 0 Å². The van der Waals surface area contributed by atoms with Crippen molar-refractivity contribution in [2.24, 2.45) is 0 Å². The van der Waals surface area contributed by atoms with Crippen LogP contribution in [0.3, 0.4) is 0 Å². The lowest BCUT2D eigenvalue weighted by atomic mass is 10.1. The number of β-amino-alcohol motifs (C(OH)–C–C–N with tert-alkyl or cyclic N) is 1. The molecule has 1 atom stereocenters. The predicted octanol–water partition coefficient (Wildman–Crippen LogP) is 0.0763. The number of likely N-dealkylation sites (tertiary alicyclic amines) is 1. The Labute approximate surface area is 61.8 Å². The summed E-state index contributed by atoms with van der Waals surface area (Å²) < 4.78 is 0. The molecular weight excluding hydrogens is 126 g/mol. The van der Waals surface area contributed by atoms with Gasteiger partial charge in [-0.15, -0.1) is 6.42 Å². The fraction of sp³-hybridized carbons (Fsp3) is 0.750. The van der Waals surface area contributed by atoms with Gasteiger partial charge < -0.3 is 5.11 Å². The van der Waals surface area contributed by atoms with Crippen LogP contribution in [0, 0.1) is 12.3 Å². The van der Waals surface area contributed by atoms with E-state index >= 15 is 0 Å². The molecule has 1 heterocycles. The zero-order valence-corrected chi connectivity index (χ0v) is 6.30. The summed E-state index contributed by atoms with van der Waals surface area (Å²) in [6.45, 7) is 4.61. The molecule has 0 aromatic carbocycles. The highest BCUT2D eigenvalue weighted by Gasteiger charge is 2.32. The fourth-order valence-corrected chi connectivity index (χ4v) is 1.26.